The monoisotopic (exact) mass is 452 g/mol. The summed E-state index contributed by atoms with van der Waals surface area (Å²) in [5.74, 6) is -1.20. The van der Waals surface area contributed by atoms with Crippen LogP contribution in [0, 0.1) is 5.92 Å². The second kappa shape index (κ2) is 11.0. The van der Waals surface area contributed by atoms with Gasteiger partial charge in [-0.25, -0.2) is 9.59 Å². The lowest BCUT2D eigenvalue weighted by Crippen LogP contribution is -2.43. The third kappa shape index (κ3) is 5.72. The van der Waals surface area contributed by atoms with Crippen molar-refractivity contribution in [3.05, 3.63) is 59.7 Å². The highest BCUT2D eigenvalue weighted by Crippen LogP contribution is 2.44. The zero-order valence-electron chi connectivity index (χ0n) is 19.4. The van der Waals surface area contributed by atoms with Crippen LogP contribution in [0.4, 0.5) is 4.79 Å². The number of aliphatic carboxylic acids is 1. The Morgan fingerprint density at radius 3 is 2.15 bits per heavy atom. The lowest BCUT2D eigenvalue weighted by atomic mass is 9.98. The maximum Gasteiger partial charge on any atom is 0.407 e. The van der Waals surface area contributed by atoms with Gasteiger partial charge in [-0.15, -0.1) is 0 Å². The maximum absolute atomic E-state index is 12.4. The fraction of sp³-hybridized carbons (Fsp3) is 0.423. The first-order valence-electron chi connectivity index (χ1n) is 11.4. The minimum absolute atomic E-state index is 0.00132. The van der Waals surface area contributed by atoms with E-state index in [0.29, 0.717) is 19.5 Å². The zero-order valence-corrected chi connectivity index (χ0v) is 19.4. The van der Waals surface area contributed by atoms with Crippen molar-refractivity contribution < 1.29 is 24.2 Å². The number of carbonyl (C=O) groups excluding carboxylic acids is 2. The normalized spacial score (nSPS) is 14.0. The average molecular weight is 453 g/mol. The van der Waals surface area contributed by atoms with Gasteiger partial charge in [0.05, 0.1) is 0 Å². The molecule has 0 spiro atoms. The number of ether oxygens (including phenoxy) is 1. The molecule has 1 aliphatic rings. The molecule has 33 heavy (non-hydrogen) atoms. The van der Waals surface area contributed by atoms with Crippen molar-refractivity contribution in [2.45, 2.75) is 45.6 Å². The Bertz CT molecular complexity index is 960. The molecule has 176 valence electrons. The topological polar surface area (TPSA) is 95.9 Å². The van der Waals surface area contributed by atoms with Crippen molar-refractivity contribution in [1.29, 1.82) is 0 Å². The summed E-state index contributed by atoms with van der Waals surface area (Å²) < 4.78 is 5.53. The average Bonchev–Trinajstić information content (AvgIpc) is 3.11. The number of alkyl carbamates (subject to hydrolysis) is 1. The third-order valence-corrected chi connectivity index (χ3v) is 6.26. The first kappa shape index (κ1) is 24.3. The fourth-order valence-corrected chi connectivity index (χ4v) is 4.39. The van der Waals surface area contributed by atoms with E-state index in [4.69, 9.17) is 9.84 Å². The summed E-state index contributed by atoms with van der Waals surface area (Å²) in [6.45, 7) is 6.17. The summed E-state index contributed by atoms with van der Waals surface area (Å²) in [5.41, 5.74) is 4.68. The number of likely N-dealkylation sites (N-methyl/N-ethyl adjacent to an activating group) is 1. The molecule has 0 saturated carbocycles. The number of carboxylic acids is 1. The molecule has 2 aromatic rings. The molecule has 0 aromatic heterocycles. The van der Waals surface area contributed by atoms with Crippen LogP contribution in [0.1, 0.15) is 50.7 Å². The van der Waals surface area contributed by atoms with Gasteiger partial charge < -0.3 is 20.1 Å². The van der Waals surface area contributed by atoms with E-state index >= 15 is 0 Å². The van der Waals surface area contributed by atoms with Crippen LogP contribution in [-0.4, -0.2) is 53.7 Å². The van der Waals surface area contributed by atoms with Crippen LogP contribution in [0.5, 0.6) is 0 Å². The number of nitrogens with zero attached hydrogens (tertiary/aromatic N) is 1. The summed E-state index contributed by atoms with van der Waals surface area (Å²) in [7, 11) is 0. The number of hydrogen-bond donors (Lipinski definition) is 2. The molecule has 0 aliphatic heterocycles. The van der Waals surface area contributed by atoms with Gasteiger partial charge in [-0.2, -0.15) is 0 Å². The quantitative estimate of drug-likeness (QED) is 0.561. The lowest BCUT2D eigenvalue weighted by Gasteiger charge is -2.26. The van der Waals surface area contributed by atoms with Gasteiger partial charge in [0.1, 0.15) is 12.6 Å². The Morgan fingerprint density at radius 1 is 1.03 bits per heavy atom. The Morgan fingerprint density at radius 2 is 1.61 bits per heavy atom. The number of amides is 2. The molecule has 2 unspecified atom stereocenters. The number of benzene rings is 2. The van der Waals surface area contributed by atoms with E-state index in [0.717, 1.165) is 11.1 Å². The molecule has 0 fully saturated rings. The van der Waals surface area contributed by atoms with Crippen molar-refractivity contribution in [2.75, 3.05) is 19.7 Å². The van der Waals surface area contributed by atoms with Gasteiger partial charge in [0.25, 0.3) is 0 Å². The number of carbonyl (C=O) groups is 3. The van der Waals surface area contributed by atoms with Gasteiger partial charge in [-0.3, -0.25) is 4.79 Å². The molecule has 2 N–H and O–H groups in total. The van der Waals surface area contributed by atoms with E-state index in [1.165, 1.54) is 23.0 Å². The molecule has 1 aliphatic carbocycles. The van der Waals surface area contributed by atoms with Gasteiger partial charge in [-0.05, 0) is 48.4 Å². The highest BCUT2D eigenvalue weighted by atomic mass is 16.5. The lowest BCUT2D eigenvalue weighted by molar-refractivity contribution is -0.149. The smallest absolute Gasteiger partial charge is 0.407 e. The Labute approximate surface area is 194 Å². The van der Waals surface area contributed by atoms with Crippen molar-refractivity contribution in [1.82, 2.24) is 10.2 Å². The van der Waals surface area contributed by atoms with E-state index in [1.54, 1.807) is 6.92 Å². The summed E-state index contributed by atoms with van der Waals surface area (Å²) >= 11 is 0. The molecule has 2 aromatic carbocycles. The Balaban J connectivity index is 1.45. The van der Waals surface area contributed by atoms with E-state index in [-0.39, 0.29) is 30.8 Å². The van der Waals surface area contributed by atoms with Crippen LogP contribution >= 0.6 is 0 Å². The third-order valence-electron chi connectivity index (χ3n) is 6.26. The SMILES string of the molecule is CCN(C(=O)CC(C)CCNC(=O)OCC1c2ccccc2-c2ccccc21)C(C)C(=O)O. The summed E-state index contributed by atoms with van der Waals surface area (Å²) in [6.07, 6.45) is 0.345. The number of nitrogens with one attached hydrogen (secondary N) is 1. The highest BCUT2D eigenvalue weighted by Gasteiger charge is 2.29. The van der Waals surface area contributed by atoms with Crippen molar-refractivity contribution in [2.24, 2.45) is 5.92 Å². The van der Waals surface area contributed by atoms with Gasteiger partial charge in [0, 0.05) is 25.4 Å². The molecule has 0 saturated heterocycles. The van der Waals surface area contributed by atoms with Gasteiger partial charge >= 0.3 is 12.1 Å². The molecule has 3 rings (SSSR count). The Kier molecular flexibility index (Phi) is 8.09. The first-order chi connectivity index (χ1) is 15.8. The summed E-state index contributed by atoms with van der Waals surface area (Å²) in [4.78, 5) is 37.2. The van der Waals surface area contributed by atoms with Gasteiger partial charge in [0.2, 0.25) is 5.91 Å². The maximum atomic E-state index is 12.4. The largest absolute Gasteiger partial charge is 0.480 e. The van der Waals surface area contributed by atoms with Gasteiger partial charge in [-0.1, -0.05) is 55.5 Å². The molecular weight excluding hydrogens is 420 g/mol. The van der Waals surface area contributed by atoms with Crippen LogP contribution < -0.4 is 5.32 Å². The van der Waals surface area contributed by atoms with E-state index in [1.807, 2.05) is 31.2 Å². The van der Waals surface area contributed by atoms with Crippen molar-refractivity contribution in [3.63, 3.8) is 0 Å². The van der Waals surface area contributed by atoms with E-state index < -0.39 is 18.1 Å². The van der Waals surface area contributed by atoms with Crippen LogP contribution in [-0.2, 0) is 14.3 Å². The molecule has 2 amide bonds. The molecule has 0 bridgehead atoms. The van der Waals surface area contributed by atoms with E-state index in [2.05, 4.69) is 29.6 Å². The number of carboxylic acid groups (broad SMARTS) is 1. The van der Waals surface area contributed by atoms with Crippen molar-refractivity contribution in [3.8, 4) is 11.1 Å². The summed E-state index contributed by atoms with van der Waals surface area (Å²) in [6, 6.07) is 15.5. The van der Waals surface area contributed by atoms with Crippen molar-refractivity contribution >= 4 is 18.0 Å². The molecule has 7 nitrogen and oxygen atoms in total. The number of hydrogen-bond acceptors (Lipinski definition) is 4. The van der Waals surface area contributed by atoms with E-state index in [9.17, 15) is 14.4 Å². The Hall–Kier alpha value is -3.35. The molecule has 0 heterocycles. The first-order valence-corrected chi connectivity index (χ1v) is 11.4. The molecule has 2 atom stereocenters. The number of rotatable bonds is 10. The van der Waals surface area contributed by atoms with Crippen LogP contribution in [0.2, 0.25) is 0 Å². The van der Waals surface area contributed by atoms with Crippen LogP contribution in [0.15, 0.2) is 48.5 Å². The second-order valence-electron chi connectivity index (χ2n) is 8.54. The standard InChI is InChI=1S/C26H32N2O5/c1-4-28(18(3)25(30)31)24(29)15-17(2)13-14-27-26(32)33-16-23-21-11-7-5-9-19(21)20-10-6-8-12-22(20)23/h5-12,17-18,23H,4,13-16H2,1-3H3,(H,27,32)(H,30,31). The fourth-order valence-electron chi connectivity index (χ4n) is 4.39. The van der Waals surface area contributed by atoms with Crippen LogP contribution in [0.3, 0.4) is 0 Å². The predicted molar refractivity (Wildman–Crippen MR) is 126 cm³/mol. The minimum Gasteiger partial charge on any atom is -0.480 e. The van der Waals surface area contributed by atoms with Crippen LogP contribution in [0.25, 0.3) is 11.1 Å². The zero-order chi connectivity index (χ0) is 24.0. The minimum atomic E-state index is -1.02. The highest BCUT2D eigenvalue weighted by molar-refractivity contribution is 5.83. The predicted octanol–water partition coefficient (Wildman–Crippen LogP) is 4.26. The molecule has 7 heteroatoms. The second-order valence-corrected chi connectivity index (χ2v) is 8.54. The van der Waals surface area contributed by atoms with Gasteiger partial charge in [0.15, 0.2) is 0 Å². The molecular formula is C26H32N2O5. The molecule has 0 radical (unpaired) electrons. The number of fused-ring (bicyclic) bond motifs is 3. The summed E-state index contributed by atoms with van der Waals surface area (Å²) in [5, 5.41) is 11.9.